The highest BCUT2D eigenvalue weighted by molar-refractivity contribution is 5.90. The third-order valence-electron chi connectivity index (χ3n) is 4.04. The van der Waals surface area contributed by atoms with E-state index in [9.17, 15) is 15.2 Å². The second-order valence-electron chi connectivity index (χ2n) is 5.30. The van der Waals surface area contributed by atoms with Crippen LogP contribution in [-0.2, 0) is 0 Å². The first-order chi connectivity index (χ1) is 10.2. The Bertz CT molecular complexity index is 754. The van der Waals surface area contributed by atoms with Gasteiger partial charge in [0.05, 0.1) is 11.2 Å². The summed E-state index contributed by atoms with van der Waals surface area (Å²) in [5.74, 6) is 0.299. The van der Waals surface area contributed by atoms with E-state index in [1.165, 1.54) is 0 Å². The molecule has 3 rings (SSSR count). The number of nitrogens with zero attached hydrogens (tertiary/aromatic N) is 3. The van der Waals surface area contributed by atoms with E-state index in [2.05, 4.69) is 9.97 Å². The quantitative estimate of drug-likeness (QED) is 0.858. The molecule has 0 spiro atoms. The number of aromatic amines is 1. The molecule has 0 bridgehead atoms. The Balaban J connectivity index is 2.13. The first-order valence-corrected chi connectivity index (χ1v) is 7.01. The smallest absolute Gasteiger partial charge is 0.268 e. The Morgan fingerprint density at radius 3 is 2.90 bits per heavy atom. The first-order valence-electron chi connectivity index (χ1n) is 7.01. The van der Waals surface area contributed by atoms with E-state index in [4.69, 9.17) is 0 Å². The Kier molecular flexibility index (Phi) is 3.59. The Labute approximate surface area is 121 Å². The van der Waals surface area contributed by atoms with Crippen molar-refractivity contribution in [2.75, 3.05) is 24.6 Å². The van der Waals surface area contributed by atoms with Crippen molar-refractivity contribution in [3.8, 4) is 6.07 Å². The van der Waals surface area contributed by atoms with E-state index in [-0.39, 0.29) is 17.7 Å². The largest absolute Gasteiger partial charge is 0.396 e. The number of hydrogen-bond donors (Lipinski definition) is 2. The second kappa shape index (κ2) is 5.54. The van der Waals surface area contributed by atoms with Crippen molar-refractivity contribution >= 4 is 16.7 Å². The van der Waals surface area contributed by atoms with Gasteiger partial charge in [0.15, 0.2) is 0 Å². The average molecular weight is 284 g/mol. The summed E-state index contributed by atoms with van der Waals surface area (Å²) in [7, 11) is 0. The summed E-state index contributed by atoms with van der Waals surface area (Å²) in [6.45, 7) is 1.62. The van der Waals surface area contributed by atoms with Gasteiger partial charge < -0.3 is 15.0 Å². The maximum atomic E-state index is 12.1. The molecule has 1 fully saturated rings. The van der Waals surface area contributed by atoms with Crippen LogP contribution < -0.4 is 10.5 Å². The Morgan fingerprint density at radius 2 is 2.24 bits per heavy atom. The number of rotatable bonds is 2. The van der Waals surface area contributed by atoms with E-state index in [0.717, 1.165) is 25.9 Å². The van der Waals surface area contributed by atoms with Crippen molar-refractivity contribution < 1.29 is 5.11 Å². The third kappa shape index (κ3) is 2.36. The summed E-state index contributed by atoms with van der Waals surface area (Å²) in [4.78, 5) is 21.1. The molecule has 6 heteroatoms. The van der Waals surface area contributed by atoms with E-state index in [0.29, 0.717) is 22.6 Å². The highest BCUT2D eigenvalue weighted by Crippen LogP contribution is 2.29. The van der Waals surface area contributed by atoms with Gasteiger partial charge in [-0.25, -0.2) is 0 Å². The molecule has 3 heterocycles. The molecule has 6 nitrogen and oxygen atoms in total. The molecule has 0 saturated carbocycles. The van der Waals surface area contributed by atoms with Crippen LogP contribution in [0.1, 0.15) is 18.4 Å². The van der Waals surface area contributed by atoms with Gasteiger partial charge in [-0.1, -0.05) is 0 Å². The summed E-state index contributed by atoms with van der Waals surface area (Å²) in [5.41, 5.74) is 1.64. The lowest BCUT2D eigenvalue weighted by atomic mass is 9.97. The summed E-state index contributed by atoms with van der Waals surface area (Å²) >= 11 is 0. The molecule has 2 aromatic rings. The van der Waals surface area contributed by atoms with Gasteiger partial charge >= 0.3 is 0 Å². The zero-order valence-electron chi connectivity index (χ0n) is 11.5. The number of piperidine rings is 1. The van der Waals surface area contributed by atoms with Gasteiger partial charge in [-0.3, -0.25) is 9.78 Å². The minimum atomic E-state index is -0.378. The minimum Gasteiger partial charge on any atom is -0.396 e. The zero-order valence-corrected chi connectivity index (χ0v) is 11.5. The summed E-state index contributed by atoms with van der Waals surface area (Å²) in [5, 5.41) is 18.5. The standard InChI is InChI=1S/C15H16N4O2/c16-8-11-14(19-6-3-10(9-20)4-7-19)13-12(18-15(11)21)2-1-5-17-13/h1-2,5,10,20H,3-4,6-7,9H2,(H,18,21). The van der Waals surface area contributed by atoms with Crippen LogP contribution >= 0.6 is 0 Å². The first kappa shape index (κ1) is 13.6. The summed E-state index contributed by atoms with van der Waals surface area (Å²) in [6, 6.07) is 5.55. The lowest BCUT2D eigenvalue weighted by Crippen LogP contribution is -2.36. The summed E-state index contributed by atoms with van der Waals surface area (Å²) < 4.78 is 0. The predicted molar refractivity (Wildman–Crippen MR) is 79.1 cm³/mol. The van der Waals surface area contributed by atoms with Crippen molar-refractivity contribution in [2.45, 2.75) is 12.8 Å². The number of aromatic nitrogens is 2. The van der Waals surface area contributed by atoms with Gasteiger partial charge in [-0.05, 0) is 30.9 Å². The molecule has 108 valence electrons. The molecule has 1 saturated heterocycles. The van der Waals surface area contributed by atoms with Crippen LogP contribution in [0.15, 0.2) is 23.1 Å². The average Bonchev–Trinajstić information content (AvgIpc) is 2.53. The predicted octanol–water partition coefficient (Wildman–Crippen LogP) is 1.00. The number of aliphatic hydroxyl groups is 1. The highest BCUT2D eigenvalue weighted by Gasteiger charge is 2.24. The van der Waals surface area contributed by atoms with E-state index < -0.39 is 0 Å². The molecule has 0 aliphatic carbocycles. The molecule has 2 N–H and O–H groups in total. The normalized spacial score (nSPS) is 16.1. The molecule has 1 aliphatic rings. The van der Waals surface area contributed by atoms with Crippen LogP contribution in [-0.4, -0.2) is 34.8 Å². The minimum absolute atomic E-state index is 0.114. The van der Waals surface area contributed by atoms with Crippen LogP contribution in [0.4, 0.5) is 5.69 Å². The van der Waals surface area contributed by atoms with Crippen LogP contribution in [0, 0.1) is 17.2 Å². The number of hydrogen-bond acceptors (Lipinski definition) is 5. The van der Waals surface area contributed by atoms with Crippen molar-refractivity contribution in [3.63, 3.8) is 0 Å². The van der Waals surface area contributed by atoms with Crippen LogP contribution in [0.2, 0.25) is 0 Å². The van der Waals surface area contributed by atoms with E-state index in [1.54, 1.807) is 18.3 Å². The maximum Gasteiger partial charge on any atom is 0.268 e. The Hall–Kier alpha value is -2.39. The molecule has 0 atom stereocenters. The number of pyridine rings is 2. The van der Waals surface area contributed by atoms with Crippen molar-refractivity contribution in [1.29, 1.82) is 5.26 Å². The number of nitrogens with one attached hydrogen (secondary N) is 1. The van der Waals surface area contributed by atoms with Gasteiger partial charge in [0.2, 0.25) is 0 Å². The van der Waals surface area contributed by atoms with Gasteiger partial charge in [-0.2, -0.15) is 5.26 Å². The van der Waals surface area contributed by atoms with Crippen LogP contribution in [0.5, 0.6) is 0 Å². The number of anilines is 1. The number of H-pyrrole nitrogens is 1. The van der Waals surface area contributed by atoms with E-state index >= 15 is 0 Å². The van der Waals surface area contributed by atoms with Crippen LogP contribution in [0.25, 0.3) is 11.0 Å². The molecule has 21 heavy (non-hydrogen) atoms. The molecule has 0 unspecified atom stereocenters. The second-order valence-corrected chi connectivity index (χ2v) is 5.30. The third-order valence-corrected chi connectivity index (χ3v) is 4.04. The van der Waals surface area contributed by atoms with Crippen LogP contribution in [0.3, 0.4) is 0 Å². The van der Waals surface area contributed by atoms with Crippen molar-refractivity contribution in [1.82, 2.24) is 9.97 Å². The fourth-order valence-corrected chi connectivity index (χ4v) is 2.86. The van der Waals surface area contributed by atoms with Crippen molar-refractivity contribution in [3.05, 3.63) is 34.2 Å². The number of nitriles is 1. The molecular formula is C15H16N4O2. The highest BCUT2D eigenvalue weighted by atomic mass is 16.3. The fourth-order valence-electron chi connectivity index (χ4n) is 2.86. The SMILES string of the molecule is N#Cc1c(N2CCC(CO)CC2)c2ncccc2[nH]c1=O. The molecule has 0 aromatic carbocycles. The van der Waals surface area contributed by atoms with Crippen molar-refractivity contribution in [2.24, 2.45) is 5.92 Å². The van der Waals surface area contributed by atoms with Gasteiger partial charge in [0.1, 0.15) is 17.1 Å². The lowest BCUT2D eigenvalue weighted by Gasteiger charge is -2.33. The van der Waals surface area contributed by atoms with Gasteiger partial charge in [0, 0.05) is 25.9 Å². The number of aliphatic hydroxyl groups excluding tert-OH is 1. The number of fused-ring (bicyclic) bond motifs is 1. The molecule has 0 radical (unpaired) electrons. The summed E-state index contributed by atoms with van der Waals surface area (Å²) in [6.07, 6.45) is 3.36. The molecule has 0 amide bonds. The van der Waals surface area contributed by atoms with E-state index in [1.807, 2.05) is 11.0 Å². The Morgan fingerprint density at radius 1 is 1.48 bits per heavy atom. The van der Waals surface area contributed by atoms with Gasteiger partial charge in [0.25, 0.3) is 5.56 Å². The molecule has 2 aromatic heterocycles. The molecular weight excluding hydrogens is 268 g/mol. The monoisotopic (exact) mass is 284 g/mol. The lowest BCUT2D eigenvalue weighted by molar-refractivity contribution is 0.203. The zero-order chi connectivity index (χ0) is 14.8. The van der Waals surface area contributed by atoms with Gasteiger partial charge in [-0.15, -0.1) is 0 Å². The maximum absolute atomic E-state index is 12.1. The fraction of sp³-hybridized carbons (Fsp3) is 0.400. The molecule has 1 aliphatic heterocycles. The topological polar surface area (TPSA) is 93.0 Å².